The lowest BCUT2D eigenvalue weighted by atomic mass is 10.2. The number of hydrogen-bond donors (Lipinski definition) is 0. The molecule has 0 aliphatic carbocycles. The van der Waals surface area contributed by atoms with Crippen LogP contribution < -0.4 is 0 Å². The summed E-state index contributed by atoms with van der Waals surface area (Å²) in [5, 5.41) is 10.2. The quantitative estimate of drug-likeness (QED) is 0.325. The summed E-state index contributed by atoms with van der Waals surface area (Å²) >= 11 is 3.26. The first-order chi connectivity index (χ1) is 12.9. The summed E-state index contributed by atoms with van der Waals surface area (Å²) in [7, 11) is 0. The summed E-state index contributed by atoms with van der Waals surface area (Å²) in [6.07, 6.45) is 0. The van der Waals surface area contributed by atoms with Crippen LogP contribution in [0, 0.1) is 26.6 Å². The first-order valence-electron chi connectivity index (χ1n) is 8.42. The third kappa shape index (κ3) is 3.46. The van der Waals surface area contributed by atoms with Gasteiger partial charge in [-0.15, -0.1) is 21.5 Å². The van der Waals surface area contributed by atoms with Gasteiger partial charge in [-0.1, -0.05) is 11.8 Å². The molecular weight excluding hydrogens is 383 g/mol. The highest BCUT2D eigenvalue weighted by Gasteiger charge is 2.21. The maximum absolute atomic E-state index is 13.1. The molecule has 0 spiro atoms. The molecule has 3 heterocycles. The molecule has 4 aromatic rings. The summed E-state index contributed by atoms with van der Waals surface area (Å²) in [5.41, 5.74) is 1.90. The number of aryl methyl sites for hydroxylation is 3. The van der Waals surface area contributed by atoms with E-state index in [1.165, 1.54) is 22.6 Å². The Labute approximate surface area is 164 Å². The molecular formula is C19H17FN4OS2. The van der Waals surface area contributed by atoms with Crippen LogP contribution >= 0.6 is 23.1 Å². The molecule has 1 atom stereocenters. The molecule has 4 rings (SSSR count). The molecule has 0 bridgehead atoms. The smallest absolute Gasteiger partial charge is 0.247 e. The number of rotatable bonds is 4. The fraction of sp³-hybridized carbons (Fsp3) is 0.263. The van der Waals surface area contributed by atoms with Crippen molar-refractivity contribution in [3.63, 3.8) is 0 Å². The second kappa shape index (κ2) is 7.01. The van der Waals surface area contributed by atoms with Crippen LogP contribution in [-0.4, -0.2) is 20.2 Å². The number of fused-ring (bicyclic) bond motifs is 1. The standard InChI is InChI=1S/C19H17FN4OS2/c1-9-10(2)26-18-15(9)19(22-12(4)21-18)27-11(3)16-23-24-17(25-16)13-5-7-14(20)8-6-13/h5-8,11H,1-4H3/t11-/m1/s1. The minimum Gasteiger partial charge on any atom is -0.419 e. The average Bonchev–Trinajstić information content (AvgIpc) is 3.21. The molecule has 0 unspecified atom stereocenters. The van der Waals surface area contributed by atoms with Crippen molar-refractivity contribution < 1.29 is 8.81 Å². The number of benzene rings is 1. The average molecular weight is 401 g/mol. The van der Waals surface area contributed by atoms with E-state index in [1.54, 1.807) is 35.2 Å². The van der Waals surface area contributed by atoms with Crippen molar-refractivity contribution in [1.82, 2.24) is 20.2 Å². The van der Waals surface area contributed by atoms with E-state index in [0.29, 0.717) is 17.3 Å². The number of nitrogens with zero attached hydrogens (tertiary/aromatic N) is 4. The summed E-state index contributed by atoms with van der Waals surface area (Å²) in [4.78, 5) is 11.5. The molecule has 8 heteroatoms. The van der Waals surface area contributed by atoms with Crippen LogP contribution in [-0.2, 0) is 0 Å². The minimum atomic E-state index is -0.299. The fourth-order valence-corrected chi connectivity index (χ4v) is 4.95. The van der Waals surface area contributed by atoms with Crippen LogP contribution in [0.25, 0.3) is 21.7 Å². The number of hydrogen-bond acceptors (Lipinski definition) is 7. The van der Waals surface area contributed by atoms with Crippen molar-refractivity contribution in [3.05, 3.63) is 52.2 Å². The largest absolute Gasteiger partial charge is 0.419 e. The summed E-state index contributed by atoms with van der Waals surface area (Å²) in [6.45, 7) is 8.10. The van der Waals surface area contributed by atoms with Gasteiger partial charge in [0.15, 0.2) is 0 Å². The third-order valence-electron chi connectivity index (χ3n) is 4.28. The fourth-order valence-electron chi connectivity index (χ4n) is 2.73. The van der Waals surface area contributed by atoms with E-state index in [4.69, 9.17) is 4.42 Å². The Hall–Kier alpha value is -2.32. The van der Waals surface area contributed by atoms with Gasteiger partial charge >= 0.3 is 0 Å². The van der Waals surface area contributed by atoms with Gasteiger partial charge in [-0.3, -0.25) is 0 Å². The Balaban J connectivity index is 1.64. The zero-order chi connectivity index (χ0) is 19.1. The lowest BCUT2D eigenvalue weighted by Crippen LogP contribution is -1.95. The highest BCUT2D eigenvalue weighted by Crippen LogP contribution is 2.41. The van der Waals surface area contributed by atoms with Gasteiger partial charge < -0.3 is 4.42 Å². The Kier molecular flexibility index (Phi) is 4.69. The van der Waals surface area contributed by atoms with Crippen molar-refractivity contribution in [2.45, 2.75) is 38.0 Å². The molecule has 0 N–H and O–H groups in total. The normalized spacial score (nSPS) is 12.6. The first-order valence-corrected chi connectivity index (χ1v) is 10.1. The van der Waals surface area contributed by atoms with Crippen molar-refractivity contribution in [1.29, 1.82) is 0 Å². The van der Waals surface area contributed by atoms with E-state index in [2.05, 4.69) is 34.0 Å². The molecule has 0 aliphatic heterocycles. The van der Waals surface area contributed by atoms with E-state index >= 15 is 0 Å². The van der Waals surface area contributed by atoms with Crippen molar-refractivity contribution in [3.8, 4) is 11.5 Å². The number of thiophene rings is 1. The highest BCUT2D eigenvalue weighted by atomic mass is 32.2. The molecule has 5 nitrogen and oxygen atoms in total. The van der Waals surface area contributed by atoms with Gasteiger partial charge in [-0.05, 0) is 57.5 Å². The lowest BCUT2D eigenvalue weighted by Gasteiger charge is -2.08. The molecule has 3 aromatic heterocycles. The van der Waals surface area contributed by atoms with Gasteiger partial charge in [0.2, 0.25) is 11.8 Å². The van der Waals surface area contributed by atoms with Crippen LogP contribution in [0.1, 0.15) is 34.3 Å². The van der Waals surface area contributed by atoms with Crippen molar-refractivity contribution >= 4 is 33.3 Å². The highest BCUT2D eigenvalue weighted by molar-refractivity contribution is 7.99. The Morgan fingerprint density at radius 2 is 1.81 bits per heavy atom. The molecule has 0 radical (unpaired) electrons. The zero-order valence-electron chi connectivity index (χ0n) is 15.3. The van der Waals surface area contributed by atoms with Crippen LogP contribution in [0.3, 0.4) is 0 Å². The van der Waals surface area contributed by atoms with Gasteiger partial charge in [0, 0.05) is 15.8 Å². The molecule has 0 saturated heterocycles. The van der Waals surface area contributed by atoms with Gasteiger partial charge in [-0.25, -0.2) is 14.4 Å². The van der Waals surface area contributed by atoms with Gasteiger partial charge in [0.05, 0.1) is 5.25 Å². The second-order valence-electron chi connectivity index (χ2n) is 6.25. The molecule has 138 valence electrons. The van der Waals surface area contributed by atoms with E-state index in [9.17, 15) is 4.39 Å². The van der Waals surface area contributed by atoms with Gasteiger partial charge in [-0.2, -0.15) is 0 Å². The number of aromatic nitrogens is 4. The van der Waals surface area contributed by atoms with Crippen LogP contribution in [0.2, 0.25) is 0 Å². The maximum atomic E-state index is 13.1. The molecule has 0 fully saturated rings. The molecule has 27 heavy (non-hydrogen) atoms. The summed E-state index contributed by atoms with van der Waals surface area (Å²) in [5.74, 6) is 1.33. The molecule has 0 amide bonds. The summed E-state index contributed by atoms with van der Waals surface area (Å²) < 4.78 is 18.9. The monoisotopic (exact) mass is 400 g/mol. The lowest BCUT2D eigenvalue weighted by molar-refractivity contribution is 0.509. The minimum absolute atomic E-state index is 0.0798. The van der Waals surface area contributed by atoms with E-state index < -0.39 is 0 Å². The second-order valence-corrected chi connectivity index (χ2v) is 8.78. The van der Waals surface area contributed by atoms with Crippen molar-refractivity contribution in [2.75, 3.05) is 0 Å². The van der Waals surface area contributed by atoms with Crippen LogP contribution in [0.4, 0.5) is 4.39 Å². The van der Waals surface area contributed by atoms with E-state index in [-0.39, 0.29) is 11.1 Å². The van der Waals surface area contributed by atoms with E-state index in [1.807, 2.05) is 13.8 Å². The Morgan fingerprint density at radius 3 is 2.56 bits per heavy atom. The maximum Gasteiger partial charge on any atom is 0.247 e. The SMILES string of the molecule is Cc1nc(S[C@H](C)c2nnc(-c3ccc(F)cc3)o2)c2c(C)c(C)sc2n1. The van der Waals surface area contributed by atoms with E-state index in [0.717, 1.165) is 21.1 Å². The molecule has 0 saturated carbocycles. The topological polar surface area (TPSA) is 64.7 Å². The number of halogens is 1. The predicted molar refractivity (Wildman–Crippen MR) is 106 cm³/mol. The van der Waals surface area contributed by atoms with Crippen molar-refractivity contribution in [2.24, 2.45) is 0 Å². The predicted octanol–water partition coefficient (Wildman–Crippen LogP) is 5.66. The van der Waals surface area contributed by atoms with Gasteiger partial charge in [0.25, 0.3) is 0 Å². The Bertz CT molecular complexity index is 1120. The Morgan fingerprint density at radius 1 is 1.07 bits per heavy atom. The third-order valence-corrected chi connectivity index (χ3v) is 6.45. The number of thioether (sulfide) groups is 1. The molecule has 0 aliphatic rings. The van der Waals surface area contributed by atoms with Crippen LogP contribution in [0.15, 0.2) is 33.7 Å². The zero-order valence-corrected chi connectivity index (χ0v) is 16.9. The molecule has 1 aromatic carbocycles. The van der Waals surface area contributed by atoms with Crippen LogP contribution in [0.5, 0.6) is 0 Å². The first kappa shape index (κ1) is 18.1. The summed E-state index contributed by atoms with van der Waals surface area (Å²) in [6, 6.07) is 6.00. The van der Waals surface area contributed by atoms with Gasteiger partial charge in [0.1, 0.15) is 21.5 Å².